The minimum atomic E-state index is -4.69. The summed E-state index contributed by atoms with van der Waals surface area (Å²) in [6.07, 6.45) is -3.74. The zero-order chi connectivity index (χ0) is 13.8. The van der Waals surface area contributed by atoms with E-state index in [-0.39, 0.29) is 0 Å². The van der Waals surface area contributed by atoms with Gasteiger partial charge in [0.1, 0.15) is 0 Å². The lowest BCUT2D eigenvalue weighted by atomic mass is 10.1. The minimum absolute atomic E-state index is 0.313. The molecule has 0 aromatic rings. The van der Waals surface area contributed by atoms with Crippen LogP contribution in [0, 0.1) is 11.8 Å². The van der Waals surface area contributed by atoms with Crippen molar-refractivity contribution in [2.75, 3.05) is 32.7 Å². The Morgan fingerprint density at radius 2 is 2.22 bits per heavy atom. The first-order chi connectivity index (χ1) is 8.34. The SMILES string of the molecule is CCN1CCC(CNCC(C(=O)O)C(F)(F)F)C1. The molecule has 18 heavy (non-hydrogen) atoms. The third kappa shape index (κ3) is 4.45. The number of nitrogens with one attached hydrogen (secondary N) is 1. The van der Waals surface area contributed by atoms with Crippen molar-refractivity contribution in [3.63, 3.8) is 0 Å². The predicted molar refractivity (Wildman–Crippen MR) is 60.3 cm³/mol. The molecule has 7 heteroatoms. The van der Waals surface area contributed by atoms with E-state index in [1.807, 2.05) is 6.92 Å². The van der Waals surface area contributed by atoms with Crippen LogP contribution in [0.4, 0.5) is 13.2 Å². The van der Waals surface area contributed by atoms with Crippen molar-refractivity contribution in [2.45, 2.75) is 19.5 Å². The second-order valence-corrected chi connectivity index (χ2v) is 4.64. The molecule has 0 aromatic heterocycles. The van der Waals surface area contributed by atoms with Crippen molar-refractivity contribution in [3.8, 4) is 0 Å². The number of carbonyl (C=O) groups is 1. The fourth-order valence-corrected chi connectivity index (χ4v) is 2.14. The Kier molecular flexibility index (Phi) is 5.40. The molecule has 1 heterocycles. The summed E-state index contributed by atoms with van der Waals surface area (Å²) < 4.78 is 37.1. The summed E-state index contributed by atoms with van der Waals surface area (Å²) in [7, 11) is 0. The minimum Gasteiger partial charge on any atom is -0.481 e. The highest BCUT2D eigenvalue weighted by Crippen LogP contribution is 2.26. The quantitative estimate of drug-likeness (QED) is 0.759. The van der Waals surface area contributed by atoms with E-state index in [0.29, 0.717) is 12.5 Å². The van der Waals surface area contributed by atoms with Crippen molar-refractivity contribution >= 4 is 5.97 Å². The van der Waals surface area contributed by atoms with E-state index in [0.717, 1.165) is 26.1 Å². The van der Waals surface area contributed by atoms with Crippen molar-refractivity contribution in [1.82, 2.24) is 10.2 Å². The van der Waals surface area contributed by atoms with Gasteiger partial charge >= 0.3 is 12.1 Å². The van der Waals surface area contributed by atoms with Gasteiger partial charge in [-0.3, -0.25) is 4.79 Å². The van der Waals surface area contributed by atoms with Gasteiger partial charge in [0.25, 0.3) is 0 Å². The monoisotopic (exact) mass is 268 g/mol. The van der Waals surface area contributed by atoms with Gasteiger partial charge < -0.3 is 15.3 Å². The third-order valence-corrected chi connectivity index (χ3v) is 3.29. The number of carboxylic acids is 1. The Balaban J connectivity index is 2.30. The molecule has 106 valence electrons. The van der Waals surface area contributed by atoms with E-state index in [4.69, 9.17) is 5.11 Å². The second-order valence-electron chi connectivity index (χ2n) is 4.64. The van der Waals surface area contributed by atoms with Gasteiger partial charge in [0.15, 0.2) is 5.92 Å². The summed E-state index contributed by atoms with van der Waals surface area (Å²) in [4.78, 5) is 12.7. The fraction of sp³-hybridized carbons (Fsp3) is 0.909. The van der Waals surface area contributed by atoms with Gasteiger partial charge in [0.05, 0.1) is 0 Å². The van der Waals surface area contributed by atoms with Crippen LogP contribution in [-0.2, 0) is 4.79 Å². The number of rotatable bonds is 6. The zero-order valence-corrected chi connectivity index (χ0v) is 10.3. The van der Waals surface area contributed by atoms with Crippen LogP contribution in [0.2, 0.25) is 0 Å². The van der Waals surface area contributed by atoms with Crippen LogP contribution < -0.4 is 5.32 Å². The van der Waals surface area contributed by atoms with E-state index >= 15 is 0 Å². The number of carboxylic acid groups (broad SMARTS) is 1. The standard InChI is InChI=1S/C11H19F3N2O2/c1-2-16-4-3-8(7-16)5-15-6-9(10(17)18)11(12,13)14/h8-9,15H,2-7H2,1H3,(H,17,18). The molecule has 0 bridgehead atoms. The van der Waals surface area contributed by atoms with E-state index in [2.05, 4.69) is 10.2 Å². The molecular weight excluding hydrogens is 249 g/mol. The normalized spacial score (nSPS) is 23.2. The highest BCUT2D eigenvalue weighted by molar-refractivity contribution is 5.71. The van der Waals surface area contributed by atoms with Gasteiger partial charge in [-0.25, -0.2) is 0 Å². The number of alkyl halides is 3. The van der Waals surface area contributed by atoms with Gasteiger partial charge in [-0.15, -0.1) is 0 Å². The lowest BCUT2D eigenvalue weighted by molar-refractivity contribution is -0.192. The van der Waals surface area contributed by atoms with Crippen molar-refractivity contribution in [2.24, 2.45) is 11.8 Å². The summed E-state index contributed by atoms with van der Waals surface area (Å²) in [6, 6.07) is 0. The van der Waals surface area contributed by atoms with Crippen molar-refractivity contribution in [1.29, 1.82) is 0 Å². The van der Waals surface area contributed by atoms with E-state index in [1.165, 1.54) is 0 Å². The zero-order valence-electron chi connectivity index (χ0n) is 10.3. The number of aliphatic carboxylic acids is 1. The molecule has 2 atom stereocenters. The molecule has 1 saturated heterocycles. The molecule has 0 aliphatic carbocycles. The fourth-order valence-electron chi connectivity index (χ4n) is 2.14. The van der Waals surface area contributed by atoms with Crippen LogP contribution in [0.3, 0.4) is 0 Å². The second kappa shape index (κ2) is 6.38. The molecule has 2 N–H and O–H groups in total. The summed E-state index contributed by atoms with van der Waals surface area (Å²) in [5, 5.41) is 11.1. The molecule has 1 fully saturated rings. The van der Waals surface area contributed by atoms with Crippen LogP contribution in [0.1, 0.15) is 13.3 Å². The van der Waals surface area contributed by atoms with Crippen LogP contribution in [0.25, 0.3) is 0 Å². The average Bonchev–Trinajstić information content (AvgIpc) is 2.69. The van der Waals surface area contributed by atoms with Crippen LogP contribution in [-0.4, -0.2) is 54.9 Å². The Labute approximate surface area is 104 Å². The van der Waals surface area contributed by atoms with Crippen molar-refractivity contribution in [3.05, 3.63) is 0 Å². The molecule has 0 saturated carbocycles. The van der Waals surface area contributed by atoms with E-state index in [1.54, 1.807) is 0 Å². The van der Waals surface area contributed by atoms with Crippen LogP contribution >= 0.6 is 0 Å². The van der Waals surface area contributed by atoms with Gasteiger partial charge in [0.2, 0.25) is 0 Å². The Hall–Kier alpha value is -0.820. The number of nitrogens with zero attached hydrogens (tertiary/aromatic N) is 1. The Morgan fingerprint density at radius 1 is 1.56 bits per heavy atom. The van der Waals surface area contributed by atoms with E-state index < -0.39 is 24.6 Å². The number of hydrogen-bond donors (Lipinski definition) is 2. The maximum atomic E-state index is 12.4. The van der Waals surface area contributed by atoms with Gasteiger partial charge in [0, 0.05) is 13.1 Å². The molecule has 1 aliphatic heterocycles. The van der Waals surface area contributed by atoms with Crippen LogP contribution in [0.15, 0.2) is 0 Å². The summed E-state index contributed by atoms with van der Waals surface area (Å²) in [5.74, 6) is -3.83. The molecule has 1 rings (SSSR count). The molecule has 4 nitrogen and oxygen atoms in total. The maximum absolute atomic E-state index is 12.4. The lowest BCUT2D eigenvalue weighted by Gasteiger charge is -2.18. The molecule has 1 aliphatic rings. The first-order valence-electron chi connectivity index (χ1n) is 6.07. The molecule has 0 radical (unpaired) electrons. The molecular formula is C11H19F3N2O2. The highest BCUT2D eigenvalue weighted by Gasteiger charge is 2.44. The molecule has 2 unspecified atom stereocenters. The number of likely N-dealkylation sites (tertiary alicyclic amines) is 1. The van der Waals surface area contributed by atoms with Crippen LogP contribution in [0.5, 0.6) is 0 Å². The van der Waals surface area contributed by atoms with E-state index in [9.17, 15) is 18.0 Å². The van der Waals surface area contributed by atoms with Gasteiger partial charge in [-0.05, 0) is 32.0 Å². The number of hydrogen-bond acceptors (Lipinski definition) is 3. The third-order valence-electron chi connectivity index (χ3n) is 3.29. The topological polar surface area (TPSA) is 52.6 Å². The number of halogens is 3. The average molecular weight is 268 g/mol. The Bertz CT molecular complexity index is 284. The lowest BCUT2D eigenvalue weighted by Crippen LogP contribution is -2.40. The molecule has 0 amide bonds. The highest BCUT2D eigenvalue weighted by atomic mass is 19.4. The van der Waals surface area contributed by atoms with Crippen molar-refractivity contribution < 1.29 is 23.1 Å². The maximum Gasteiger partial charge on any atom is 0.403 e. The Morgan fingerprint density at radius 3 is 2.67 bits per heavy atom. The first kappa shape index (κ1) is 15.2. The largest absolute Gasteiger partial charge is 0.481 e. The summed E-state index contributed by atoms with van der Waals surface area (Å²) in [6.45, 7) is 4.70. The summed E-state index contributed by atoms with van der Waals surface area (Å²) in [5.41, 5.74) is 0. The smallest absolute Gasteiger partial charge is 0.403 e. The van der Waals surface area contributed by atoms with Gasteiger partial charge in [-0.1, -0.05) is 6.92 Å². The first-order valence-corrected chi connectivity index (χ1v) is 6.07. The van der Waals surface area contributed by atoms with Gasteiger partial charge in [-0.2, -0.15) is 13.2 Å². The molecule has 0 spiro atoms. The molecule has 0 aromatic carbocycles. The predicted octanol–water partition coefficient (Wildman–Crippen LogP) is 1.18. The summed E-state index contributed by atoms with van der Waals surface area (Å²) >= 11 is 0.